The van der Waals surface area contributed by atoms with Crippen molar-refractivity contribution in [3.8, 4) is 0 Å². The van der Waals surface area contributed by atoms with Crippen molar-refractivity contribution in [2.45, 2.75) is 38.5 Å². The van der Waals surface area contributed by atoms with Crippen LogP contribution in [-0.2, 0) is 14.3 Å². The third-order valence-corrected chi connectivity index (χ3v) is 4.22. The molecule has 2 fully saturated rings. The van der Waals surface area contributed by atoms with Gasteiger partial charge in [0.25, 0.3) is 11.1 Å². The minimum Gasteiger partial charge on any atom is -0.460 e. The molecule has 1 aromatic rings. The van der Waals surface area contributed by atoms with Crippen LogP contribution in [0.25, 0.3) is 0 Å². The number of hydrogen-bond acceptors (Lipinski definition) is 5. The molecule has 7 heteroatoms. The number of ether oxygens (including phenoxy) is 2. The van der Waals surface area contributed by atoms with Gasteiger partial charge in [0.05, 0.1) is 5.54 Å². The molecular formula is C16H18N2O4S. The number of nitrogens with zero attached hydrogens (tertiary/aromatic N) is 1. The van der Waals surface area contributed by atoms with Gasteiger partial charge in [0, 0.05) is 0 Å². The zero-order valence-corrected chi connectivity index (χ0v) is 14.0. The monoisotopic (exact) mass is 334 g/mol. The maximum Gasteiger partial charge on any atom is 0.417 e. The first-order valence-corrected chi connectivity index (χ1v) is 7.75. The molecule has 2 amide bonds. The van der Waals surface area contributed by atoms with Gasteiger partial charge in [-0.15, -0.1) is 0 Å². The van der Waals surface area contributed by atoms with E-state index in [9.17, 15) is 9.59 Å². The molecule has 2 saturated heterocycles. The van der Waals surface area contributed by atoms with Crippen LogP contribution in [0, 0.1) is 6.92 Å². The highest BCUT2D eigenvalue weighted by atomic mass is 32.1. The van der Waals surface area contributed by atoms with Crippen LogP contribution in [0.4, 0.5) is 4.79 Å². The molecule has 0 spiro atoms. The molecule has 2 heterocycles. The molecule has 23 heavy (non-hydrogen) atoms. The largest absolute Gasteiger partial charge is 0.460 e. The van der Waals surface area contributed by atoms with E-state index in [4.69, 9.17) is 21.7 Å². The number of hydrogen-bond donors (Lipinski definition) is 1. The third kappa shape index (κ3) is 2.76. The van der Waals surface area contributed by atoms with Gasteiger partial charge < -0.3 is 14.8 Å². The summed E-state index contributed by atoms with van der Waals surface area (Å²) in [6.45, 7) is 5.70. The van der Waals surface area contributed by atoms with E-state index >= 15 is 0 Å². The van der Waals surface area contributed by atoms with E-state index in [-0.39, 0.29) is 11.8 Å². The van der Waals surface area contributed by atoms with Crippen LogP contribution in [0.2, 0.25) is 0 Å². The third-order valence-electron chi connectivity index (χ3n) is 4.00. The van der Waals surface area contributed by atoms with Crippen molar-refractivity contribution in [3.05, 3.63) is 35.4 Å². The van der Waals surface area contributed by atoms with E-state index in [0.29, 0.717) is 0 Å². The van der Waals surface area contributed by atoms with Gasteiger partial charge >= 0.3 is 6.09 Å². The average molecular weight is 334 g/mol. The second-order valence-electron chi connectivity index (χ2n) is 6.40. The summed E-state index contributed by atoms with van der Waals surface area (Å²) in [6.07, 6.45) is -1.21. The molecular weight excluding hydrogens is 316 g/mol. The Bertz CT molecular complexity index is 688. The van der Waals surface area contributed by atoms with Crippen LogP contribution >= 0.6 is 12.2 Å². The minimum atomic E-state index is -0.755. The molecule has 0 radical (unpaired) electrons. The highest BCUT2D eigenvalue weighted by molar-refractivity contribution is 7.80. The SMILES string of the molecule is Cc1cccc([C@@H]2OC(=S)N[C@H]2C(=O)N2C(=O)OCC2(C)C)c1. The Hall–Kier alpha value is -2.15. The van der Waals surface area contributed by atoms with E-state index in [1.807, 2.05) is 31.2 Å². The summed E-state index contributed by atoms with van der Waals surface area (Å²) in [4.78, 5) is 26.0. The van der Waals surface area contributed by atoms with Crippen LogP contribution < -0.4 is 5.32 Å². The van der Waals surface area contributed by atoms with Gasteiger partial charge in [0.15, 0.2) is 12.1 Å². The molecule has 2 atom stereocenters. The quantitative estimate of drug-likeness (QED) is 0.835. The Balaban J connectivity index is 1.92. The zero-order chi connectivity index (χ0) is 16.8. The van der Waals surface area contributed by atoms with Gasteiger partial charge in [-0.05, 0) is 38.6 Å². The van der Waals surface area contributed by atoms with Gasteiger partial charge in [-0.1, -0.05) is 29.8 Å². The molecule has 1 aromatic carbocycles. The summed E-state index contributed by atoms with van der Waals surface area (Å²) in [5.41, 5.74) is 1.19. The molecule has 0 aromatic heterocycles. The van der Waals surface area contributed by atoms with Crippen molar-refractivity contribution in [1.29, 1.82) is 0 Å². The molecule has 1 N–H and O–H groups in total. The van der Waals surface area contributed by atoms with E-state index < -0.39 is 29.7 Å². The van der Waals surface area contributed by atoms with Crippen LogP contribution in [0.15, 0.2) is 24.3 Å². The number of rotatable bonds is 2. The topological polar surface area (TPSA) is 67.9 Å². The minimum absolute atomic E-state index is 0.153. The molecule has 2 aliphatic rings. The predicted octanol–water partition coefficient (Wildman–Crippen LogP) is 2.07. The number of aryl methyl sites for hydroxylation is 1. The van der Waals surface area contributed by atoms with Gasteiger partial charge in [-0.25, -0.2) is 9.69 Å². The Morgan fingerprint density at radius 2 is 2.17 bits per heavy atom. The molecule has 0 saturated carbocycles. The summed E-state index contributed by atoms with van der Waals surface area (Å²) in [7, 11) is 0. The van der Waals surface area contributed by atoms with Crippen molar-refractivity contribution < 1.29 is 19.1 Å². The van der Waals surface area contributed by atoms with E-state index in [1.54, 1.807) is 13.8 Å². The van der Waals surface area contributed by atoms with Crippen molar-refractivity contribution in [1.82, 2.24) is 10.2 Å². The van der Waals surface area contributed by atoms with Crippen molar-refractivity contribution in [2.75, 3.05) is 6.61 Å². The Morgan fingerprint density at radius 3 is 2.78 bits per heavy atom. The molecule has 3 rings (SSSR count). The number of cyclic esters (lactones) is 1. The molecule has 122 valence electrons. The number of imide groups is 1. The fourth-order valence-corrected chi connectivity index (χ4v) is 3.09. The van der Waals surface area contributed by atoms with Gasteiger partial charge in [-0.2, -0.15) is 0 Å². The summed E-state index contributed by atoms with van der Waals surface area (Å²) >= 11 is 5.07. The van der Waals surface area contributed by atoms with Crippen molar-refractivity contribution in [3.63, 3.8) is 0 Å². The Kier molecular flexibility index (Phi) is 3.75. The standard InChI is InChI=1S/C16H18N2O4S/c1-9-5-4-6-10(7-9)12-11(17-14(23)22-12)13(19)18-15(20)21-8-16(18,2)3/h4-7,11-12H,8H2,1-3H3,(H,17,23)/t11-,12+/m1/s1. The van der Waals surface area contributed by atoms with Crippen molar-refractivity contribution in [2.24, 2.45) is 0 Å². The average Bonchev–Trinajstić information content (AvgIpc) is 2.99. The summed E-state index contributed by atoms with van der Waals surface area (Å²) in [6, 6.07) is 6.91. The maximum atomic E-state index is 12.9. The van der Waals surface area contributed by atoms with Crippen LogP contribution in [-0.4, -0.2) is 40.3 Å². The van der Waals surface area contributed by atoms with Gasteiger partial charge in [0.2, 0.25) is 0 Å². The molecule has 6 nitrogen and oxygen atoms in total. The fraction of sp³-hybridized carbons (Fsp3) is 0.438. The smallest absolute Gasteiger partial charge is 0.417 e. The lowest BCUT2D eigenvalue weighted by molar-refractivity contribution is -0.134. The highest BCUT2D eigenvalue weighted by Crippen LogP contribution is 2.32. The molecule has 0 aliphatic carbocycles. The lowest BCUT2D eigenvalue weighted by Crippen LogP contribution is -2.53. The lowest BCUT2D eigenvalue weighted by Gasteiger charge is -2.29. The molecule has 0 bridgehead atoms. The number of carbonyl (C=O) groups excluding carboxylic acids is 2. The number of amides is 2. The Morgan fingerprint density at radius 1 is 1.43 bits per heavy atom. The fourth-order valence-electron chi connectivity index (χ4n) is 2.86. The first-order chi connectivity index (χ1) is 10.8. The number of thiocarbonyl (C=S) groups is 1. The highest BCUT2D eigenvalue weighted by Gasteiger charge is 2.50. The number of carbonyl (C=O) groups is 2. The normalized spacial score (nSPS) is 25.8. The summed E-state index contributed by atoms with van der Waals surface area (Å²) < 4.78 is 10.6. The number of nitrogens with one attached hydrogen (secondary N) is 1. The van der Waals surface area contributed by atoms with E-state index in [2.05, 4.69) is 5.32 Å². The van der Waals surface area contributed by atoms with Gasteiger partial charge in [0.1, 0.15) is 6.61 Å². The lowest BCUT2D eigenvalue weighted by atomic mass is 9.98. The van der Waals surface area contributed by atoms with E-state index in [0.717, 1.165) is 16.0 Å². The molecule has 0 unspecified atom stereocenters. The zero-order valence-electron chi connectivity index (χ0n) is 13.2. The van der Waals surface area contributed by atoms with Crippen LogP contribution in [0.5, 0.6) is 0 Å². The summed E-state index contributed by atoms with van der Waals surface area (Å²) in [5.74, 6) is -0.399. The Labute approximate surface area is 139 Å². The van der Waals surface area contributed by atoms with Crippen LogP contribution in [0.3, 0.4) is 0 Å². The number of benzene rings is 1. The maximum absolute atomic E-state index is 12.9. The second kappa shape index (κ2) is 5.49. The summed E-state index contributed by atoms with van der Waals surface area (Å²) in [5, 5.41) is 3.02. The predicted molar refractivity (Wildman–Crippen MR) is 86.8 cm³/mol. The van der Waals surface area contributed by atoms with Crippen LogP contribution in [0.1, 0.15) is 31.1 Å². The van der Waals surface area contributed by atoms with Gasteiger partial charge in [-0.3, -0.25) is 4.79 Å². The van der Waals surface area contributed by atoms with Crippen molar-refractivity contribution >= 4 is 29.4 Å². The second-order valence-corrected chi connectivity index (χ2v) is 6.77. The molecule has 2 aliphatic heterocycles. The first-order valence-electron chi connectivity index (χ1n) is 7.34. The first kappa shape index (κ1) is 15.7. The van der Waals surface area contributed by atoms with E-state index in [1.165, 1.54) is 0 Å².